The zero-order chi connectivity index (χ0) is 21.2. The average Bonchev–Trinajstić information content (AvgIpc) is 3.18. The van der Waals surface area contributed by atoms with E-state index in [1.165, 1.54) is 10.9 Å². The molecule has 0 N–H and O–H groups in total. The van der Waals surface area contributed by atoms with Gasteiger partial charge in [-0.3, -0.25) is 14.0 Å². The van der Waals surface area contributed by atoms with Gasteiger partial charge in [-0.25, -0.2) is 4.98 Å². The third-order valence-corrected chi connectivity index (χ3v) is 6.82. The molecule has 4 aromatic rings. The Balaban J connectivity index is 1.41. The van der Waals surface area contributed by atoms with E-state index in [1.54, 1.807) is 15.7 Å². The van der Waals surface area contributed by atoms with Crippen LogP contribution in [0.25, 0.3) is 4.96 Å². The fraction of sp³-hybridized carbons (Fsp3) is 0.240. The maximum absolute atomic E-state index is 13.1. The Morgan fingerprint density at radius 3 is 2.32 bits per heavy atom. The predicted molar refractivity (Wildman–Crippen MR) is 121 cm³/mol. The van der Waals surface area contributed by atoms with Gasteiger partial charge in [-0.05, 0) is 36.8 Å². The average molecular weight is 431 g/mol. The van der Waals surface area contributed by atoms with E-state index in [-0.39, 0.29) is 18.1 Å². The number of carbonyl (C=O) groups is 1. The summed E-state index contributed by atoms with van der Waals surface area (Å²) in [6.45, 7) is -0.0245. The van der Waals surface area contributed by atoms with Crippen LogP contribution in [0, 0.1) is 0 Å². The SMILES string of the molecule is O=C(OCc1cc(=O)n2c3c(sc2n1)CCCC3)C(c1ccccc1)c1ccccc1. The second-order valence-corrected chi connectivity index (χ2v) is 8.81. The lowest BCUT2D eigenvalue weighted by molar-refractivity contribution is -0.145. The molecule has 1 aliphatic rings. The molecule has 1 aliphatic carbocycles. The fourth-order valence-electron chi connectivity index (χ4n) is 4.20. The highest BCUT2D eigenvalue weighted by molar-refractivity contribution is 7.17. The summed E-state index contributed by atoms with van der Waals surface area (Å²) in [6, 6.07) is 20.7. The van der Waals surface area contributed by atoms with Crippen molar-refractivity contribution < 1.29 is 9.53 Å². The van der Waals surface area contributed by atoms with Crippen LogP contribution in [-0.2, 0) is 29.0 Å². The lowest BCUT2D eigenvalue weighted by Crippen LogP contribution is -2.20. The molecule has 2 aromatic heterocycles. The van der Waals surface area contributed by atoms with Crippen LogP contribution in [0.1, 0.15) is 46.2 Å². The van der Waals surface area contributed by atoms with Gasteiger partial charge in [0, 0.05) is 16.6 Å². The number of thiazole rings is 1. The van der Waals surface area contributed by atoms with E-state index in [2.05, 4.69) is 4.98 Å². The van der Waals surface area contributed by atoms with Gasteiger partial charge in [-0.2, -0.15) is 0 Å². The van der Waals surface area contributed by atoms with Crippen LogP contribution < -0.4 is 5.56 Å². The third-order valence-electron chi connectivity index (χ3n) is 5.68. The van der Waals surface area contributed by atoms with E-state index in [4.69, 9.17) is 4.74 Å². The Morgan fingerprint density at radius 1 is 1.00 bits per heavy atom. The smallest absolute Gasteiger partial charge is 0.318 e. The molecule has 5 rings (SSSR count). The van der Waals surface area contributed by atoms with Crippen LogP contribution in [0.15, 0.2) is 71.5 Å². The molecule has 2 heterocycles. The molecule has 0 bridgehead atoms. The van der Waals surface area contributed by atoms with Crippen molar-refractivity contribution in [1.82, 2.24) is 9.38 Å². The first-order valence-electron chi connectivity index (χ1n) is 10.5. The summed E-state index contributed by atoms with van der Waals surface area (Å²) in [5, 5.41) is 0. The van der Waals surface area contributed by atoms with Crippen LogP contribution in [0.2, 0.25) is 0 Å². The van der Waals surface area contributed by atoms with Crippen molar-refractivity contribution in [3.05, 3.63) is 104 Å². The molecule has 0 radical (unpaired) electrons. The summed E-state index contributed by atoms with van der Waals surface area (Å²) >= 11 is 1.57. The van der Waals surface area contributed by atoms with Crippen LogP contribution in [0.4, 0.5) is 0 Å². The van der Waals surface area contributed by atoms with E-state index >= 15 is 0 Å². The Kier molecular flexibility index (Phi) is 5.38. The molecule has 0 spiro atoms. The number of ether oxygens (including phenoxy) is 1. The van der Waals surface area contributed by atoms with E-state index < -0.39 is 5.92 Å². The van der Waals surface area contributed by atoms with E-state index in [0.29, 0.717) is 10.7 Å². The fourth-order valence-corrected chi connectivity index (χ4v) is 5.43. The highest BCUT2D eigenvalue weighted by atomic mass is 32.1. The molecule has 156 valence electrons. The first-order valence-corrected chi connectivity index (χ1v) is 11.3. The van der Waals surface area contributed by atoms with Crippen molar-refractivity contribution in [3.8, 4) is 0 Å². The largest absolute Gasteiger partial charge is 0.458 e. The molecular weight excluding hydrogens is 408 g/mol. The summed E-state index contributed by atoms with van der Waals surface area (Å²) in [5.74, 6) is -0.883. The molecule has 0 atom stereocenters. The molecule has 2 aromatic carbocycles. The summed E-state index contributed by atoms with van der Waals surface area (Å²) < 4.78 is 7.38. The lowest BCUT2D eigenvalue weighted by Gasteiger charge is -2.17. The summed E-state index contributed by atoms with van der Waals surface area (Å²) in [5.41, 5.74) is 3.22. The second-order valence-electron chi connectivity index (χ2n) is 7.74. The van der Waals surface area contributed by atoms with Crippen molar-refractivity contribution in [2.45, 2.75) is 38.2 Å². The molecule has 31 heavy (non-hydrogen) atoms. The van der Waals surface area contributed by atoms with Crippen LogP contribution >= 0.6 is 11.3 Å². The molecule has 0 unspecified atom stereocenters. The number of hydrogen-bond donors (Lipinski definition) is 0. The van der Waals surface area contributed by atoms with E-state index in [0.717, 1.165) is 42.5 Å². The van der Waals surface area contributed by atoms with Crippen LogP contribution in [-0.4, -0.2) is 15.4 Å². The number of carbonyl (C=O) groups excluding carboxylic acids is 1. The minimum atomic E-state index is -0.527. The number of fused-ring (bicyclic) bond motifs is 3. The van der Waals surface area contributed by atoms with Gasteiger partial charge in [0.15, 0.2) is 4.96 Å². The molecule has 0 amide bonds. The van der Waals surface area contributed by atoms with Crippen molar-refractivity contribution >= 4 is 22.3 Å². The quantitative estimate of drug-likeness (QED) is 0.437. The van der Waals surface area contributed by atoms with Crippen LogP contribution in [0.3, 0.4) is 0 Å². The zero-order valence-corrected chi connectivity index (χ0v) is 17.8. The number of aromatic nitrogens is 2. The summed E-state index contributed by atoms with van der Waals surface area (Å²) in [4.78, 5) is 32.4. The zero-order valence-electron chi connectivity index (χ0n) is 17.0. The number of benzene rings is 2. The maximum atomic E-state index is 13.1. The van der Waals surface area contributed by atoms with Crippen molar-refractivity contribution in [3.63, 3.8) is 0 Å². The third kappa shape index (κ3) is 3.91. The minimum Gasteiger partial charge on any atom is -0.458 e. The molecule has 6 heteroatoms. The number of rotatable bonds is 5. The van der Waals surface area contributed by atoms with Gasteiger partial charge in [-0.15, -0.1) is 11.3 Å². The van der Waals surface area contributed by atoms with Crippen LogP contribution in [0.5, 0.6) is 0 Å². The van der Waals surface area contributed by atoms with Gasteiger partial charge in [0.1, 0.15) is 12.5 Å². The number of hydrogen-bond acceptors (Lipinski definition) is 5. The van der Waals surface area contributed by atoms with Gasteiger partial charge < -0.3 is 4.74 Å². The van der Waals surface area contributed by atoms with Crippen molar-refractivity contribution in [2.75, 3.05) is 0 Å². The van der Waals surface area contributed by atoms with Gasteiger partial charge in [0.05, 0.1) is 5.69 Å². The molecule has 0 saturated heterocycles. The first kappa shape index (κ1) is 19.7. The normalized spacial score (nSPS) is 13.3. The number of nitrogens with zero attached hydrogens (tertiary/aromatic N) is 2. The standard InChI is InChI=1S/C25H22N2O3S/c28-22-15-19(26-25-27(22)20-13-7-8-14-21(20)31-25)16-30-24(29)23(17-9-3-1-4-10-17)18-11-5-2-6-12-18/h1-6,9-12,15,23H,7-8,13-14,16H2. The lowest BCUT2D eigenvalue weighted by atomic mass is 9.91. The maximum Gasteiger partial charge on any atom is 0.318 e. The Bertz CT molecular complexity index is 1240. The highest BCUT2D eigenvalue weighted by Crippen LogP contribution is 2.29. The van der Waals surface area contributed by atoms with Gasteiger partial charge >= 0.3 is 5.97 Å². The topological polar surface area (TPSA) is 60.7 Å². The van der Waals surface area contributed by atoms with Gasteiger partial charge in [0.25, 0.3) is 5.56 Å². The Hall–Kier alpha value is -3.25. The predicted octanol–water partition coefficient (Wildman–Crippen LogP) is 4.51. The van der Waals surface area contributed by atoms with Gasteiger partial charge in [-0.1, -0.05) is 60.7 Å². The molecule has 0 aliphatic heterocycles. The van der Waals surface area contributed by atoms with E-state index in [1.807, 2.05) is 60.7 Å². The molecule has 5 nitrogen and oxygen atoms in total. The van der Waals surface area contributed by atoms with Crippen molar-refractivity contribution in [1.29, 1.82) is 0 Å². The monoisotopic (exact) mass is 430 g/mol. The van der Waals surface area contributed by atoms with Gasteiger partial charge in [0.2, 0.25) is 0 Å². The Labute approximate surface area is 184 Å². The molecular formula is C25H22N2O3S. The number of esters is 1. The second kappa shape index (κ2) is 8.47. The first-order chi connectivity index (χ1) is 15.2. The summed E-state index contributed by atoms with van der Waals surface area (Å²) in [7, 11) is 0. The van der Waals surface area contributed by atoms with E-state index in [9.17, 15) is 9.59 Å². The molecule has 0 saturated carbocycles. The minimum absolute atomic E-state index is 0.0245. The summed E-state index contributed by atoms with van der Waals surface area (Å²) in [6.07, 6.45) is 4.18. The molecule has 0 fully saturated rings. The Morgan fingerprint density at radius 2 is 1.65 bits per heavy atom. The number of aryl methyl sites for hydroxylation is 2. The highest BCUT2D eigenvalue weighted by Gasteiger charge is 2.25. The van der Waals surface area contributed by atoms with Crippen molar-refractivity contribution in [2.24, 2.45) is 0 Å².